The maximum atomic E-state index is 12.4. The van der Waals surface area contributed by atoms with Gasteiger partial charge in [-0.25, -0.2) is 9.98 Å². The highest BCUT2D eigenvalue weighted by Gasteiger charge is 2.25. The van der Waals surface area contributed by atoms with Gasteiger partial charge in [0.05, 0.1) is 12.1 Å². The van der Waals surface area contributed by atoms with Gasteiger partial charge in [-0.2, -0.15) is 0 Å². The highest BCUT2D eigenvalue weighted by atomic mass is 16.2. The third-order valence-corrected chi connectivity index (χ3v) is 4.12. The molecule has 0 aliphatic carbocycles. The number of carbonyl (C=O) groups is 2. The average Bonchev–Trinajstić information content (AvgIpc) is 2.67. The predicted octanol–water partition coefficient (Wildman–Crippen LogP) is 3.27. The molecule has 26 heavy (non-hydrogen) atoms. The molecule has 1 aliphatic heterocycles. The highest BCUT2D eigenvalue weighted by molar-refractivity contribution is 6.44. The molecule has 1 amide bonds. The lowest BCUT2D eigenvalue weighted by molar-refractivity contribution is -0.114. The lowest BCUT2D eigenvalue weighted by Crippen LogP contribution is -2.34. The maximum absolute atomic E-state index is 12.4. The van der Waals surface area contributed by atoms with Gasteiger partial charge in [-0.3, -0.25) is 9.59 Å². The molecule has 0 saturated heterocycles. The van der Waals surface area contributed by atoms with Crippen LogP contribution in [0, 0.1) is 0 Å². The molecule has 6 heteroatoms. The minimum Gasteiger partial charge on any atom is -0.366 e. The standard InChI is InChI=1S/C20H22N4O2/c1-2-3-11-21-20(26)16-12-17(25)19-15(23-16)9-10-18(24-19)22-13-14-7-5-4-6-8-14/h4-10H,2-3,11-13H2,1H3,(H,21,26)(H,22,24). The fourth-order valence-electron chi connectivity index (χ4n) is 2.67. The van der Waals surface area contributed by atoms with Crippen molar-refractivity contribution in [2.75, 3.05) is 11.9 Å². The molecule has 0 atom stereocenters. The summed E-state index contributed by atoms with van der Waals surface area (Å²) in [5.41, 5.74) is 2.15. The van der Waals surface area contributed by atoms with Gasteiger partial charge in [0.15, 0.2) is 5.78 Å². The molecule has 1 aromatic heterocycles. The first kappa shape index (κ1) is 17.8. The molecular formula is C20H22N4O2. The molecule has 2 aromatic rings. The molecule has 2 N–H and O–H groups in total. The van der Waals surface area contributed by atoms with Crippen LogP contribution in [0.3, 0.4) is 0 Å². The fourth-order valence-corrected chi connectivity index (χ4v) is 2.67. The first-order chi connectivity index (χ1) is 12.7. The van der Waals surface area contributed by atoms with E-state index in [-0.39, 0.29) is 23.8 Å². The summed E-state index contributed by atoms with van der Waals surface area (Å²) in [5.74, 6) is 0.162. The Balaban J connectivity index is 1.70. The second-order valence-corrected chi connectivity index (χ2v) is 6.17. The Labute approximate surface area is 152 Å². The summed E-state index contributed by atoms with van der Waals surface area (Å²) in [6.07, 6.45) is 1.89. The number of fused-ring (bicyclic) bond motifs is 1. The van der Waals surface area contributed by atoms with Crippen LogP contribution >= 0.6 is 0 Å². The Morgan fingerprint density at radius 1 is 1.15 bits per heavy atom. The number of hydrogen-bond acceptors (Lipinski definition) is 5. The van der Waals surface area contributed by atoms with Crippen molar-refractivity contribution in [3.8, 4) is 0 Å². The Morgan fingerprint density at radius 3 is 2.73 bits per heavy atom. The number of carbonyl (C=O) groups excluding carboxylic acids is 2. The Bertz CT molecular complexity index is 831. The fraction of sp³-hybridized carbons (Fsp3) is 0.300. The largest absolute Gasteiger partial charge is 0.366 e. The molecule has 6 nitrogen and oxygen atoms in total. The number of nitrogens with zero attached hydrogens (tertiary/aromatic N) is 2. The first-order valence-corrected chi connectivity index (χ1v) is 8.85. The number of nitrogens with one attached hydrogen (secondary N) is 2. The van der Waals surface area contributed by atoms with E-state index in [0.717, 1.165) is 18.4 Å². The molecule has 0 saturated carbocycles. The number of aromatic nitrogens is 1. The van der Waals surface area contributed by atoms with Crippen molar-refractivity contribution < 1.29 is 9.59 Å². The zero-order valence-electron chi connectivity index (χ0n) is 14.8. The quantitative estimate of drug-likeness (QED) is 0.751. The van der Waals surface area contributed by atoms with Gasteiger partial charge >= 0.3 is 0 Å². The van der Waals surface area contributed by atoms with Crippen molar-refractivity contribution in [2.45, 2.75) is 32.7 Å². The van der Waals surface area contributed by atoms with E-state index in [1.165, 1.54) is 0 Å². The normalized spacial score (nSPS) is 13.0. The van der Waals surface area contributed by atoms with Gasteiger partial charge in [0.2, 0.25) is 0 Å². The number of anilines is 1. The molecule has 0 radical (unpaired) electrons. The number of unbranched alkanes of at least 4 members (excludes halogenated alkanes) is 1. The van der Waals surface area contributed by atoms with Crippen LogP contribution in [-0.2, 0) is 11.3 Å². The number of amides is 1. The summed E-state index contributed by atoms with van der Waals surface area (Å²) in [6, 6.07) is 13.5. The molecule has 2 heterocycles. The van der Waals surface area contributed by atoms with Crippen LogP contribution in [0.2, 0.25) is 0 Å². The molecule has 0 spiro atoms. The molecule has 1 aliphatic rings. The van der Waals surface area contributed by atoms with E-state index in [1.54, 1.807) is 12.1 Å². The summed E-state index contributed by atoms with van der Waals surface area (Å²) < 4.78 is 0. The lowest BCUT2D eigenvalue weighted by Gasteiger charge is -2.15. The SMILES string of the molecule is CCCCNC(=O)C1=Nc2ccc(NCc3ccccc3)nc2C(=O)C1. The summed E-state index contributed by atoms with van der Waals surface area (Å²) in [7, 11) is 0. The molecule has 1 aromatic carbocycles. The predicted molar refractivity (Wildman–Crippen MR) is 102 cm³/mol. The van der Waals surface area contributed by atoms with Crippen LogP contribution in [0.15, 0.2) is 47.5 Å². The van der Waals surface area contributed by atoms with Crippen LogP contribution in [0.5, 0.6) is 0 Å². The van der Waals surface area contributed by atoms with Gasteiger partial charge in [-0.05, 0) is 24.1 Å². The number of ketones is 1. The number of benzene rings is 1. The smallest absolute Gasteiger partial charge is 0.266 e. The minimum atomic E-state index is -0.274. The molecule has 0 bridgehead atoms. The molecule has 3 rings (SSSR count). The van der Waals surface area contributed by atoms with Gasteiger partial charge in [0.1, 0.15) is 17.2 Å². The third-order valence-electron chi connectivity index (χ3n) is 4.12. The van der Waals surface area contributed by atoms with E-state index < -0.39 is 0 Å². The molecular weight excluding hydrogens is 328 g/mol. The van der Waals surface area contributed by atoms with Gasteiger partial charge in [-0.1, -0.05) is 43.7 Å². The van der Waals surface area contributed by atoms with E-state index in [9.17, 15) is 9.59 Å². The lowest BCUT2D eigenvalue weighted by atomic mass is 10.0. The molecule has 0 fully saturated rings. The van der Waals surface area contributed by atoms with Crippen LogP contribution in [0.1, 0.15) is 42.2 Å². The Hall–Kier alpha value is -3.02. The van der Waals surface area contributed by atoms with Gasteiger partial charge in [0, 0.05) is 13.1 Å². The van der Waals surface area contributed by atoms with E-state index in [2.05, 4.69) is 27.5 Å². The first-order valence-electron chi connectivity index (χ1n) is 8.85. The van der Waals surface area contributed by atoms with Crippen molar-refractivity contribution >= 4 is 28.9 Å². The summed E-state index contributed by atoms with van der Waals surface area (Å²) in [6.45, 7) is 3.27. The second kappa shape index (κ2) is 8.38. The van der Waals surface area contributed by atoms with Crippen LogP contribution in [0.4, 0.5) is 11.5 Å². The topological polar surface area (TPSA) is 83.4 Å². The van der Waals surface area contributed by atoms with Crippen LogP contribution in [-0.4, -0.2) is 28.9 Å². The van der Waals surface area contributed by atoms with Crippen LogP contribution < -0.4 is 10.6 Å². The Morgan fingerprint density at radius 2 is 1.96 bits per heavy atom. The Kier molecular flexibility index (Phi) is 5.73. The average molecular weight is 350 g/mol. The van der Waals surface area contributed by atoms with E-state index in [0.29, 0.717) is 30.3 Å². The molecule has 134 valence electrons. The highest BCUT2D eigenvalue weighted by Crippen LogP contribution is 2.26. The van der Waals surface area contributed by atoms with Crippen molar-refractivity contribution in [1.29, 1.82) is 0 Å². The van der Waals surface area contributed by atoms with Crippen molar-refractivity contribution in [1.82, 2.24) is 10.3 Å². The zero-order valence-corrected chi connectivity index (χ0v) is 14.8. The maximum Gasteiger partial charge on any atom is 0.266 e. The number of Topliss-reactive ketones (excluding diaryl/α,β-unsaturated/α-hetero) is 1. The number of aliphatic imine (C=N–C) groups is 1. The van der Waals surface area contributed by atoms with Gasteiger partial charge < -0.3 is 10.6 Å². The number of rotatable bonds is 7. The number of pyridine rings is 1. The van der Waals surface area contributed by atoms with E-state index in [1.807, 2.05) is 30.3 Å². The molecule has 0 unspecified atom stereocenters. The van der Waals surface area contributed by atoms with Crippen molar-refractivity contribution in [2.24, 2.45) is 4.99 Å². The summed E-state index contributed by atoms with van der Waals surface area (Å²) in [5, 5.41) is 6.01. The van der Waals surface area contributed by atoms with Gasteiger partial charge in [0.25, 0.3) is 5.91 Å². The zero-order chi connectivity index (χ0) is 18.4. The van der Waals surface area contributed by atoms with Crippen molar-refractivity contribution in [3.63, 3.8) is 0 Å². The number of hydrogen-bond donors (Lipinski definition) is 2. The van der Waals surface area contributed by atoms with Gasteiger partial charge in [-0.15, -0.1) is 0 Å². The van der Waals surface area contributed by atoms with E-state index in [4.69, 9.17) is 0 Å². The second-order valence-electron chi connectivity index (χ2n) is 6.17. The van der Waals surface area contributed by atoms with Crippen LogP contribution in [0.25, 0.3) is 0 Å². The summed E-state index contributed by atoms with van der Waals surface area (Å²) in [4.78, 5) is 33.2. The van der Waals surface area contributed by atoms with Crippen molar-refractivity contribution in [3.05, 3.63) is 53.7 Å². The third kappa shape index (κ3) is 4.33. The minimum absolute atomic E-state index is 0.0138. The monoisotopic (exact) mass is 350 g/mol. The van der Waals surface area contributed by atoms with E-state index >= 15 is 0 Å². The summed E-state index contributed by atoms with van der Waals surface area (Å²) >= 11 is 0.